The second kappa shape index (κ2) is 15.0. The van der Waals surface area contributed by atoms with Crippen molar-refractivity contribution in [2.24, 2.45) is 0 Å². The number of carbonyl (C=O) groups is 4. The first kappa shape index (κ1) is 31.9. The highest BCUT2D eigenvalue weighted by molar-refractivity contribution is 7.17. The van der Waals surface area contributed by atoms with E-state index in [1.54, 1.807) is 18.2 Å². The van der Waals surface area contributed by atoms with E-state index in [0.717, 1.165) is 85.1 Å². The Labute approximate surface area is 266 Å². The van der Waals surface area contributed by atoms with Crippen LogP contribution in [0.1, 0.15) is 128 Å². The number of hydrogen-bond donors (Lipinski definition) is 2. The number of esters is 2. The molecule has 0 fully saturated rings. The molecule has 2 heterocycles. The van der Waals surface area contributed by atoms with Gasteiger partial charge in [-0.3, -0.25) is 9.59 Å². The first-order valence-corrected chi connectivity index (χ1v) is 17.4. The largest absolute Gasteiger partial charge is 0.462 e. The van der Waals surface area contributed by atoms with Crippen LogP contribution in [0.3, 0.4) is 0 Å². The Hall–Kier alpha value is -3.50. The number of carbonyl (C=O) groups excluding carboxylic acids is 4. The van der Waals surface area contributed by atoms with Gasteiger partial charge >= 0.3 is 11.9 Å². The number of benzene rings is 1. The third-order valence-corrected chi connectivity index (χ3v) is 10.4. The highest BCUT2D eigenvalue weighted by Crippen LogP contribution is 2.39. The number of amides is 2. The van der Waals surface area contributed by atoms with Gasteiger partial charge in [0.05, 0.1) is 24.3 Å². The maximum atomic E-state index is 13.5. The monoisotopic (exact) mass is 636 g/mol. The molecule has 0 radical (unpaired) electrons. The normalized spacial score (nSPS) is 14.4. The Morgan fingerprint density at radius 2 is 1.09 bits per heavy atom. The number of fused-ring (bicyclic) bond motifs is 2. The number of nitrogens with one attached hydrogen (secondary N) is 2. The third kappa shape index (κ3) is 7.24. The summed E-state index contributed by atoms with van der Waals surface area (Å²) in [6, 6.07) is 6.47. The fourth-order valence-corrected chi connectivity index (χ4v) is 8.32. The van der Waals surface area contributed by atoms with E-state index in [4.69, 9.17) is 9.47 Å². The van der Waals surface area contributed by atoms with Crippen LogP contribution < -0.4 is 10.6 Å². The summed E-state index contributed by atoms with van der Waals surface area (Å²) in [4.78, 5) is 55.4. The first-order valence-electron chi connectivity index (χ1n) is 15.8. The summed E-state index contributed by atoms with van der Waals surface area (Å²) in [5, 5.41) is 6.88. The summed E-state index contributed by atoms with van der Waals surface area (Å²) in [5.74, 6) is -1.63. The predicted octanol–water partition coefficient (Wildman–Crippen LogP) is 7.99. The second-order valence-corrected chi connectivity index (χ2v) is 13.5. The highest BCUT2D eigenvalue weighted by atomic mass is 32.1. The minimum absolute atomic E-state index is 0.290. The van der Waals surface area contributed by atoms with Gasteiger partial charge in [-0.1, -0.05) is 32.8 Å². The maximum absolute atomic E-state index is 13.5. The van der Waals surface area contributed by atoms with Crippen LogP contribution in [-0.4, -0.2) is 37.0 Å². The van der Waals surface area contributed by atoms with Crippen LogP contribution in [0, 0.1) is 0 Å². The molecule has 2 N–H and O–H groups in total. The fraction of sp³-hybridized carbons (Fsp3) is 0.471. The number of anilines is 2. The van der Waals surface area contributed by atoms with Gasteiger partial charge in [0.2, 0.25) is 0 Å². The molecule has 2 amide bonds. The van der Waals surface area contributed by atoms with E-state index in [1.165, 1.54) is 28.7 Å². The van der Waals surface area contributed by atoms with E-state index in [-0.39, 0.29) is 0 Å². The molecule has 1 aromatic carbocycles. The molecule has 0 spiro atoms. The zero-order valence-corrected chi connectivity index (χ0v) is 27.1. The minimum Gasteiger partial charge on any atom is -0.462 e. The van der Waals surface area contributed by atoms with E-state index < -0.39 is 23.8 Å². The summed E-state index contributed by atoms with van der Waals surface area (Å²) >= 11 is 2.88. The predicted molar refractivity (Wildman–Crippen MR) is 175 cm³/mol. The zero-order chi connectivity index (χ0) is 31.1. The smallest absolute Gasteiger partial charge is 0.341 e. The molecular weight excluding hydrogens is 597 g/mol. The lowest BCUT2D eigenvalue weighted by atomic mass is 10.0. The summed E-state index contributed by atoms with van der Waals surface area (Å²) in [7, 11) is 0. The summed E-state index contributed by atoms with van der Waals surface area (Å²) < 4.78 is 11.0. The topological polar surface area (TPSA) is 111 Å². The summed E-state index contributed by atoms with van der Waals surface area (Å²) in [6.45, 7) is 4.53. The van der Waals surface area contributed by atoms with Crippen LogP contribution in [0.15, 0.2) is 24.3 Å². The average molecular weight is 637 g/mol. The molecule has 5 rings (SSSR count). The number of ether oxygens (including phenoxy) is 2. The number of thiophene rings is 2. The molecular formula is C34H40N2O6S2. The minimum atomic E-state index is -0.410. The Bertz CT molecular complexity index is 1430. The van der Waals surface area contributed by atoms with Crippen LogP contribution >= 0.6 is 22.7 Å². The molecule has 2 aliphatic carbocycles. The van der Waals surface area contributed by atoms with Gasteiger partial charge in [0.15, 0.2) is 0 Å². The molecule has 8 nitrogen and oxygen atoms in total. The molecule has 0 bridgehead atoms. The quantitative estimate of drug-likeness (QED) is 0.172. The van der Waals surface area contributed by atoms with Crippen molar-refractivity contribution in [1.29, 1.82) is 0 Å². The van der Waals surface area contributed by atoms with Crippen LogP contribution in [0.25, 0.3) is 0 Å². The Kier molecular flexibility index (Phi) is 10.9. The van der Waals surface area contributed by atoms with Crippen LogP contribution in [0.5, 0.6) is 0 Å². The molecule has 44 heavy (non-hydrogen) atoms. The molecule has 0 aliphatic heterocycles. The van der Waals surface area contributed by atoms with Crippen LogP contribution in [0.4, 0.5) is 10.0 Å². The van der Waals surface area contributed by atoms with Crippen molar-refractivity contribution in [1.82, 2.24) is 0 Å². The van der Waals surface area contributed by atoms with Crippen molar-refractivity contribution in [2.75, 3.05) is 23.8 Å². The van der Waals surface area contributed by atoms with Gasteiger partial charge in [-0.2, -0.15) is 0 Å². The van der Waals surface area contributed by atoms with E-state index in [1.807, 2.05) is 13.8 Å². The summed E-state index contributed by atoms with van der Waals surface area (Å²) in [6.07, 6.45) is 11.0. The van der Waals surface area contributed by atoms with Crippen LogP contribution in [-0.2, 0) is 35.2 Å². The van der Waals surface area contributed by atoms with Crippen molar-refractivity contribution < 1.29 is 28.7 Å². The molecule has 0 atom stereocenters. The standard InChI is InChI=1S/C34H40N2O6S2/c1-3-18-41-33(39)27-23-14-7-5-9-16-25(23)43-31(27)35-29(37)21-12-11-13-22(20-21)30(38)36-32-28(34(40)42-19-4-2)24-15-8-6-10-17-26(24)44-32/h11-13,20H,3-10,14-19H2,1-2H3,(H,35,37)(H,36,38). The molecule has 0 unspecified atom stereocenters. The van der Waals surface area contributed by atoms with Crippen molar-refractivity contribution in [3.63, 3.8) is 0 Å². The lowest BCUT2D eigenvalue weighted by molar-refractivity contribution is 0.0496. The Morgan fingerprint density at radius 1 is 0.659 bits per heavy atom. The Balaban J connectivity index is 1.37. The van der Waals surface area contributed by atoms with Crippen LogP contribution in [0.2, 0.25) is 0 Å². The van der Waals surface area contributed by atoms with Gasteiger partial charge in [-0.15, -0.1) is 22.7 Å². The van der Waals surface area contributed by atoms with Gasteiger partial charge < -0.3 is 20.1 Å². The van der Waals surface area contributed by atoms with Crippen molar-refractivity contribution in [2.45, 2.75) is 90.9 Å². The first-order chi connectivity index (χ1) is 21.4. The molecule has 3 aromatic rings. The van der Waals surface area contributed by atoms with Crippen molar-refractivity contribution in [3.8, 4) is 0 Å². The highest BCUT2D eigenvalue weighted by Gasteiger charge is 2.29. The molecule has 2 aliphatic rings. The number of rotatable bonds is 10. The third-order valence-electron chi connectivity index (χ3n) is 7.97. The number of hydrogen-bond acceptors (Lipinski definition) is 8. The van der Waals surface area contributed by atoms with Crippen molar-refractivity contribution in [3.05, 3.63) is 67.4 Å². The molecule has 10 heteroatoms. The molecule has 234 valence electrons. The lowest BCUT2D eigenvalue weighted by Gasteiger charge is -2.11. The molecule has 0 saturated carbocycles. The van der Waals surface area contributed by atoms with Gasteiger partial charge in [-0.05, 0) is 93.5 Å². The zero-order valence-electron chi connectivity index (χ0n) is 25.5. The molecule has 2 aromatic heterocycles. The number of aryl methyl sites for hydroxylation is 2. The summed E-state index contributed by atoms with van der Waals surface area (Å²) in [5.41, 5.74) is 3.47. The van der Waals surface area contributed by atoms with Crippen molar-refractivity contribution >= 4 is 56.4 Å². The second-order valence-electron chi connectivity index (χ2n) is 11.3. The van der Waals surface area contributed by atoms with E-state index in [2.05, 4.69) is 10.6 Å². The van der Waals surface area contributed by atoms with Gasteiger partial charge in [0.1, 0.15) is 10.0 Å². The fourth-order valence-electron chi connectivity index (χ4n) is 5.78. The lowest BCUT2D eigenvalue weighted by Crippen LogP contribution is -2.18. The SMILES string of the molecule is CCCOC(=O)c1c(NC(=O)c2cccc(C(=O)Nc3sc4c(c3C(=O)OCCC)CCCCC4)c2)sc2c1CCCCC2. The Morgan fingerprint density at radius 3 is 1.52 bits per heavy atom. The van der Waals surface area contributed by atoms with E-state index >= 15 is 0 Å². The van der Waals surface area contributed by atoms with Gasteiger partial charge in [0, 0.05) is 20.9 Å². The van der Waals surface area contributed by atoms with E-state index in [9.17, 15) is 19.2 Å². The van der Waals surface area contributed by atoms with Gasteiger partial charge in [-0.25, -0.2) is 9.59 Å². The molecule has 0 saturated heterocycles. The maximum Gasteiger partial charge on any atom is 0.341 e. The van der Waals surface area contributed by atoms with E-state index in [0.29, 0.717) is 58.3 Å². The van der Waals surface area contributed by atoms with Gasteiger partial charge in [0.25, 0.3) is 11.8 Å². The average Bonchev–Trinajstić information content (AvgIpc) is 3.31.